The van der Waals surface area contributed by atoms with Crippen molar-refractivity contribution < 1.29 is 13.2 Å². The lowest BCUT2D eigenvalue weighted by Gasteiger charge is -2.25. The van der Waals surface area contributed by atoms with Gasteiger partial charge in [0.2, 0.25) is 10.0 Å². The molecule has 2 heterocycles. The molecule has 1 aliphatic heterocycles. The molecule has 114 valence electrons. The van der Waals surface area contributed by atoms with Crippen molar-refractivity contribution >= 4 is 15.8 Å². The molecule has 0 aromatic carbocycles. The highest BCUT2D eigenvalue weighted by molar-refractivity contribution is 7.89. The summed E-state index contributed by atoms with van der Waals surface area (Å²) in [5.41, 5.74) is 5.76. The smallest absolute Gasteiger partial charge is 0.248 e. The van der Waals surface area contributed by atoms with Crippen LogP contribution >= 0.6 is 0 Å². The van der Waals surface area contributed by atoms with E-state index in [1.165, 1.54) is 10.5 Å². The Hall–Kier alpha value is -1.12. The van der Waals surface area contributed by atoms with E-state index in [4.69, 9.17) is 10.5 Å². The van der Waals surface area contributed by atoms with Crippen molar-refractivity contribution in [2.45, 2.75) is 50.3 Å². The molecule has 0 spiro atoms. The first kappa shape index (κ1) is 15.3. The van der Waals surface area contributed by atoms with Gasteiger partial charge in [0.1, 0.15) is 4.90 Å². The zero-order valence-electron chi connectivity index (χ0n) is 12.1. The van der Waals surface area contributed by atoms with Crippen molar-refractivity contribution in [1.82, 2.24) is 14.1 Å². The fourth-order valence-corrected chi connectivity index (χ4v) is 4.00. The summed E-state index contributed by atoms with van der Waals surface area (Å²) in [4.78, 5) is 0.0764. The zero-order chi connectivity index (χ0) is 14.9. The van der Waals surface area contributed by atoms with Crippen LogP contribution in [-0.2, 0) is 21.3 Å². The maximum absolute atomic E-state index is 12.6. The van der Waals surface area contributed by atoms with Crippen LogP contribution in [0.2, 0.25) is 0 Å². The molecule has 2 N–H and O–H groups in total. The first-order chi connectivity index (χ1) is 9.37. The summed E-state index contributed by atoms with van der Waals surface area (Å²) in [6, 6.07) is -0.158. The summed E-state index contributed by atoms with van der Waals surface area (Å²) >= 11 is 0. The van der Waals surface area contributed by atoms with E-state index in [0.717, 1.165) is 6.42 Å². The van der Waals surface area contributed by atoms with Gasteiger partial charge in [0.15, 0.2) is 5.82 Å². The average Bonchev–Trinajstić information content (AvgIpc) is 2.95. The lowest BCUT2D eigenvalue weighted by atomic mass is 10.2. The Bertz CT molecular complexity index is 569. The summed E-state index contributed by atoms with van der Waals surface area (Å²) in [5.74, 6) is 0.0527. The van der Waals surface area contributed by atoms with Crippen LogP contribution in [0.1, 0.15) is 26.7 Å². The molecule has 0 radical (unpaired) electrons. The number of nitrogens with two attached hydrogens (primary N) is 1. The second-order valence-electron chi connectivity index (χ2n) is 5.09. The number of nitrogens with zero attached hydrogens (tertiary/aromatic N) is 3. The van der Waals surface area contributed by atoms with E-state index < -0.39 is 10.0 Å². The van der Waals surface area contributed by atoms with E-state index in [1.807, 2.05) is 13.8 Å². The van der Waals surface area contributed by atoms with Gasteiger partial charge < -0.3 is 10.5 Å². The van der Waals surface area contributed by atoms with Gasteiger partial charge in [-0.05, 0) is 19.8 Å². The molecular formula is C12H22N4O3S. The van der Waals surface area contributed by atoms with E-state index in [0.29, 0.717) is 19.6 Å². The Morgan fingerprint density at radius 2 is 2.30 bits per heavy atom. The number of nitrogen functional groups attached to an aromatic ring is 1. The molecule has 0 aliphatic carbocycles. The van der Waals surface area contributed by atoms with Gasteiger partial charge in [-0.25, -0.2) is 8.42 Å². The molecule has 8 heteroatoms. The van der Waals surface area contributed by atoms with Crippen molar-refractivity contribution in [1.29, 1.82) is 0 Å². The SMILES string of the molecule is CCCn1cc(S(=O)(=O)N(C)C2CCOC2C)c(N)n1. The Morgan fingerprint density at radius 1 is 1.60 bits per heavy atom. The predicted octanol–water partition coefficient (Wildman–Crippen LogP) is 0.673. The summed E-state index contributed by atoms with van der Waals surface area (Å²) in [5, 5.41) is 4.05. The third kappa shape index (κ3) is 2.68. The standard InChI is InChI=1S/C12H22N4O3S/c1-4-6-16-8-11(12(13)14-16)20(17,18)15(3)10-5-7-19-9(10)2/h8-10H,4-7H2,1-3H3,(H2,13,14). The molecule has 1 aromatic rings. The maximum Gasteiger partial charge on any atom is 0.248 e. The Labute approximate surface area is 119 Å². The van der Waals surface area contributed by atoms with Crippen molar-refractivity contribution in [2.75, 3.05) is 19.4 Å². The van der Waals surface area contributed by atoms with Crippen molar-refractivity contribution in [3.8, 4) is 0 Å². The number of hydrogen-bond donors (Lipinski definition) is 1. The number of aryl methyl sites for hydroxylation is 1. The lowest BCUT2D eigenvalue weighted by molar-refractivity contribution is 0.102. The highest BCUT2D eigenvalue weighted by Gasteiger charge is 2.36. The molecule has 2 rings (SSSR count). The molecule has 0 saturated carbocycles. The van der Waals surface area contributed by atoms with Gasteiger partial charge in [-0.15, -0.1) is 0 Å². The first-order valence-electron chi connectivity index (χ1n) is 6.80. The van der Waals surface area contributed by atoms with Crippen LogP contribution in [0.25, 0.3) is 0 Å². The van der Waals surface area contributed by atoms with Gasteiger partial charge in [0, 0.05) is 26.4 Å². The molecule has 1 fully saturated rings. The van der Waals surface area contributed by atoms with Crippen molar-refractivity contribution in [3.63, 3.8) is 0 Å². The molecule has 1 aromatic heterocycles. The third-order valence-electron chi connectivity index (χ3n) is 3.67. The molecule has 2 atom stereocenters. The summed E-state index contributed by atoms with van der Waals surface area (Å²) in [6.07, 6.45) is 2.95. The fourth-order valence-electron chi connectivity index (χ4n) is 2.49. The second kappa shape index (κ2) is 5.71. The second-order valence-corrected chi connectivity index (χ2v) is 7.06. The molecular weight excluding hydrogens is 280 g/mol. The minimum Gasteiger partial charge on any atom is -0.381 e. The van der Waals surface area contributed by atoms with Crippen LogP contribution in [0.4, 0.5) is 5.82 Å². The number of hydrogen-bond acceptors (Lipinski definition) is 5. The molecule has 7 nitrogen and oxygen atoms in total. The quantitative estimate of drug-likeness (QED) is 0.863. The van der Waals surface area contributed by atoms with Crippen LogP contribution in [0.15, 0.2) is 11.1 Å². The van der Waals surface area contributed by atoms with Crippen LogP contribution in [0, 0.1) is 0 Å². The predicted molar refractivity (Wildman–Crippen MR) is 75.7 cm³/mol. The van der Waals surface area contributed by atoms with E-state index in [2.05, 4.69) is 5.10 Å². The van der Waals surface area contributed by atoms with Crippen LogP contribution in [0.5, 0.6) is 0 Å². The minimum absolute atomic E-state index is 0.0527. The zero-order valence-corrected chi connectivity index (χ0v) is 12.9. The van der Waals surface area contributed by atoms with Gasteiger partial charge in [0.05, 0.1) is 12.1 Å². The largest absolute Gasteiger partial charge is 0.381 e. The normalized spacial score (nSPS) is 23.6. The van der Waals surface area contributed by atoms with Crippen LogP contribution in [-0.4, -0.2) is 48.3 Å². The van der Waals surface area contributed by atoms with Gasteiger partial charge in [-0.3, -0.25) is 4.68 Å². The van der Waals surface area contributed by atoms with Gasteiger partial charge in [-0.1, -0.05) is 6.92 Å². The number of aromatic nitrogens is 2. The Kier molecular flexibility index (Phi) is 4.36. The highest BCUT2D eigenvalue weighted by Crippen LogP contribution is 2.27. The molecule has 0 bridgehead atoms. The number of rotatable bonds is 5. The topological polar surface area (TPSA) is 90.5 Å². The molecule has 2 unspecified atom stereocenters. The highest BCUT2D eigenvalue weighted by atomic mass is 32.2. The fraction of sp³-hybridized carbons (Fsp3) is 0.750. The lowest BCUT2D eigenvalue weighted by Crippen LogP contribution is -2.41. The van der Waals surface area contributed by atoms with E-state index in [9.17, 15) is 8.42 Å². The molecule has 20 heavy (non-hydrogen) atoms. The Morgan fingerprint density at radius 3 is 2.85 bits per heavy atom. The summed E-state index contributed by atoms with van der Waals surface area (Å²) in [7, 11) is -2.07. The Balaban J connectivity index is 2.29. The number of likely N-dealkylation sites (N-methyl/N-ethyl adjacent to an activating group) is 1. The summed E-state index contributed by atoms with van der Waals surface area (Å²) < 4.78 is 33.6. The van der Waals surface area contributed by atoms with Crippen LogP contribution < -0.4 is 5.73 Å². The van der Waals surface area contributed by atoms with Crippen molar-refractivity contribution in [3.05, 3.63) is 6.20 Å². The van der Waals surface area contributed by atoms with Crippen LogP contribution in [0.3, 0.4) is 0 Å². The molecule has 1 aliphatic rings. The van der Waals surface area contributed by atoms with E-state index in [1.54, 1.807) is 11.7 Å². The first-order valence-corrected chi connectivity index (χ1v) is 8.24. The monoisotopic (exact) mass is 302 g/mol. The number of sulfonamides is 1. The average molecular weight is 302 g/mol. The van der Waals surface area contributed by atoms with E-state index >= 15 is 0 Å². The van der Waals surface area contributed by atoms with Gasteiger partial charge in [0.25, 0.3) is 0 Å². The maximum atomic E-state index is 12.6. The third-order valence-corrected chi connectivity index (χ3v) is 5.57. The minimum atomic E-state index is -3.64. The van der Waals surface area contributed by atoms with E-state index in [-0.39, 0.29) is 22.9 Å². The molecule has 1 saturated heterocycles. The van der Waals surface area contributed by atoms with Crippen molar-refractivity contribution in [2.24, 2.45) is 0 Å². The van der Waals surface area contributed by atoms with Gasteiger partial charge >= 0.3 is 0 Å². The molecule has 0 amide bonds. The van der Waals surface area contributed by atoms with Gasteiger partial charge in [-0.2, -0.15) is 9.40 Å². The number of anilines is 1. The number of ether oxygens (including phenoxy) is 1. The summed E-state index contributed by atoms with van der Waals surface area (Å²) in [6.45, 7) is 5.10.